The maximum absolute atomic E-state index is 2.66. The van der Waals surface area contributed by atoms with Gasteiger partial charge in [0.25, 0.3) is 0 Å². The molecule has 0 N–H and O–H groups in total. The van der Waals surface area contributed by atoms with Crippen molar-refractivity contribution in [3.05, 3.63) is 35.0 Å². The van der Waals surface area contributed by atoms with Crippen molar-refractivity contribution >= 4 is 10.9 Å². The number of fused-ring (bicyclic) bond motifs is 3. The number of aromatic nitrogens is 1. The molecule has 1 aliphatic heterocycles. The topological polar surface area (TPSA) is 4.93 Å². The number of para-hydroxylation sites is 1. The molecule has 2 heterocycles. The van der Waals surface area contributed by atoms with Gasteiger partial charge in [-0.2, -0.15) is 0 Å². The molecule has 1 aromatic heterocycles. The second-order valence-corrected chi connectivity index (χ2v) is 5.55. The van der Waals surface area contributed by atoms with Gasteiger partial charge in [-0.25, -0.2) is 0 Å². The number of nitrogens with zero attached hydrogens (tertiary/aromatic N) is 1. The molecule has 0 spiro atoms. The van der Waals surface area contributed by atoms with Crippen LogP contribution in [0.15, 0.2) is 18.2 Å². The van der Waals surface area contributed by atoms with E-state index in [4.69, 9.17) is 0 Å². The van der Waals surface area contributed by atoms with E-state index >= 15 is 0 Å². The van der Waals surface area contributed by atoms with Crippen molar-refractivity contribution < 1.29 is 0 Å². The molecule has 2 aromatic rings. The Kier molecular flexibility index (Phi) is 2.08. The first-order chi connectivity index (χ1) is 8.45. The van der Waals surface area contributed by atoms with Crippen LogP contribution in [0.1, 0.15) is 42.5 Å². The maximum atomic E-state index is 2.66. The zero-order valence-electron chi connectivity index (χ0n) is 10.3. The summed E-state index contributed by atoms with van der Waals surface area (Å²) in [7, 11) is 0. The average molecular weight is 225 g/mol. The normalized spacial score (nSPS) is 19.1. The summed E-state index contributed by atoms with van der Waals surface area (Å²) < 4.78 is 2.66. The van der Waals surface area contributed by atoms with Gasteiger partial charge in [-0.3, -0.25) is 0 Å². The zero-order chi connectivity index (χ0) is 11.2. The van der Waals surface area contributed by atoms with Crippen LogP contribution in [0.3, 0.4) is 0 Å². The summed E-state index contributed by atoms with van der Waals surface area (Å²) in [5.74, 6) is 0. The molecule has 88 valence electrons. The third-order valence-electron chi connectivity index (χ3n) is 4.56. The minimum absolute atomic E-state index is 1.25. The van der Waals surface area contributed by atoms with Crippen LogP contribution in [-0.2, 0) is 25.8 Å². The minimum atomic E-state index is 1.25. The molecule has 2 aliphatic rings. The van der Waals surface area contributed by atoms with Crippen LogP contribution in [0.25, 0.3) is 10.9 Å². The van der Waals surface area contributed by atoms with E-state index < -0.39 is 0 Å². The second kappa shape index (κ2) is 3.63. The molecule has 0 unspecified atom stereocenters. The minimum Gasteiger partial charge on any atom is -0.344 e. The molecule has 0 fully saturated rings. The predicted molar refractivity (Wildman–Crippen MR) is 71.5 cm³/mol. The summed E-state index contributed by atoms with van der Waals surface area (Å²) in [4.78, 5) is 0. The summed E-state index contributed by atoms with van der Waals surface area (Å²) in [5, 5.41) is 1.57. The molecule has 17 heavy (non-hydrogen) atoms. The Morgan fingerprint density at radius 3 is 2.76 bits per heavy atom. The molecular formula is C16H19N. The Balaban J connectivity index is 2.11. The van der Waals surface area contributed by atoms with E-state index in [1.807, 2.05) is 0 Å². The fraction of sp³-hybridized carbons (Fsp3) is 0.500. The van der Waals surface area contributed by atoms with Gasteiger partial charge in [0.05, 0.1) is 5.52 Å². The fourth-order valence-electron chi connectivity index (χ4n) is 3.80. The van der Waals surface area contributed by atoms with Crippen LogP contribution >= 0.6 is 0 Å². The van der Waals surface area contributed by atoms with Crippen LogP contribution in [0.4, 0.5) is 0 Å². The summed E-state index contributed by atoms with van der Waals surface area (Å²) >= 11 is 0. The Labute approximate surface area is 102 Å². The third-order valence-corrected chi connectivity index (χ3v) is 4.56. The van der Waals surface area contributed by atoms with Crippen LogP contribution in [-0.4, -0.2) is 4.57 Å². The number of hydrogen-bond acceptors (Lipinski definition) is 0. The Morgan fingerprint density at radius 1 is 0.882 bits per heavy atom. The molecule has 0 saturated carbocycles. The zero-order valence-corrected chi connectivity index (χ0v) is 10.3. The Hall–Kier alpha value is -1.24. The van der Waals surface area contributed by atoms with Gasteiger partial charge in [-0.1, -0.05) is 18.2 Å². The quantitative estimate of drug-likeness (QED) is 0.641. The molecule has 1 nitrogen and oxygen atoms in total. The monoisotopic (exact) mass is 225 g/mol. The smallest absolute Gasteiger partial charge is 0.0517 e. The van der Waals surface area contributed by atoms with Gasteiger partial charge >= 0.3 is 0 Å². The molecule has 1 heteroatoms. The van der Waals surface area contributed by atoms with Gasteiger partial charge < -0.3 is 4.57 Å². The first kappa shape index (κ1) is 9.76. The highest BCUT2D eigenvalue weighted by Gasteiger charge is 2.22. The standard InChI is InChI=1S/C16H19N/c1-2-10-15-13(8-1)14-9-5-7-12-6-3-4-11-17(15)16(12)14/h5,7,9H,1-4,6,8,10-11H2. The maximum Gasteiger partial charge on any atom is 0.0517 e. The Morgan fingerprint density at radius 2 is 1.76 bits per heavy atom. The van der Waals surface area contributed by atoms with Gasteiger partial charge in [0.2, 0.25) is 0 Å². The van der Waals surface area contributed by atoms with Crippen LogP contribution in [0.5, 0.6) is 0 Å². The lowest BCUT2D eigenvalue weighted by Crippen LogP contribution is -2.08. The van der Waals surface area contributed by atoms with Gasteiger partial charge in [0.15, 0.2) is 0 Å². The number of benzene rings is 1. The van der Waals surface area contributed by atoms with Crippen molar-refractivity contribution in [3.63, 3.8) is 0 Å². The molecule has 0 amide bonds. The fourth-order valence-corrected chi connectivity index (χ4v) is 3.80. The average Bonchev–Trinajstić information content (AvgIpc) is 2.56. The van der Waals surface area contributed by atoms with Crippen LogP contribution in [0, 0.1) is 0 Å². The van der Waals surface area contributed by atoms with E-state index in [1.165, 1.54) is 51.5 Å². The highest BCUT2D eigenvalue weighted by atomic mass is 15.0. The van der Waals surface area contributed by atoms with Gasteiger partial charge in [0, 0.05) is 17.6 Å². The third kappa shape index (κ3) is 1.31. The number of aryl methyl sites for hydroxylation is 3. The molecule has 0 bridgehead atoms. The molecular weight excluding hydrogens is 206 g/mol. The van der Waals surface area contributed by atoms with Crippen molar-refractivity contribution in [2.75, 3.05) is 0 Å². The van der Waals surface area contributed by atoms with Crippen molar-refractivity contribution in [2.24, 2.45) is 0 Å². The predicted octanol–water partition coefficient (Wildman–Crippen LogP) is 3.86. The highest BCUT2D eigenvalue weighted by Crippen LogP contribution is 2.35. The lowest BCUT2D eigenvalue weighted by atomic mass is 9.94. The van der Waals surface area contributed by atoms with E-state index in [9.17, 15) is 0 Å². The highest BCUT2D eigenvalue weighted by molar-refractivity contribution is 5.88. The van der Waals surface area contributed by atoms with E-state index in [0.29, 0.717) is 0 Å². The lowest BCUT2D eigenvalue weighted by molar-refractivity contribution is 0.587. The van der Waals surface area contributed by atoms with Crippen molar-refractivity contribution in [1.29, 1.82) is 0 Å². The first-order valence-corrected chi connectivity index (χ1v) is 7.07. The molecule has 4 rings (SSSR count). The van der Waals surface area contributed by atoms with E-state index in [1.54, 1.807) is 27.7 Å². The summed E-state index contributed by atoms with van der Waals surface area (Å²) in [6.07, 6.45) is 9.38. The van der Waals surface area contributed by atoms with Gasteiger partial charge in [-0.15, -0.1) is 0 Å². The van der Waals surface area contributed by atoms with Crippen molar-refractivity contribution in [3.8, 4) is 0 Å². The molecule has 0 saturated heterocycles. The molecule has 1 aromatic carbocycles. The number of rotatable bonds is 0. The van der Waals surface area contributed by atoms with E-state index in [-0.39, 0.29) is 0 Å². The molecule has 0 atom stereocenters. The Bertz CT molecular complexity index is 577. The largest absolute Gasteiger partial charge is 0.344 e. The first-order valence-electron chi connectivity index (χ1n) is 7.07. The second-order valence-electron chi connectivity index (χ2n) is 5.55. The lowest BCUT2D eigenvalue weighted by Gasteiger charge is -2.15. The molecule has 1 aliphatic carbocycles. The van der Waals surface area contributed by atoms with Crippen LogP contribution in [0.2, 0.25) is 0 Å². The summed E-state index contributed by atoms with van der Waals surface area (Å²) in [5.41, 5.74) is 6.52. The van der Waals surface area contributed by atoms with Gasteiger partial charge in [-0.05, 0) is 56.1 Å². The van der Waals surface area contributed by atoms with Crippen molar-refractivity contribution in [1.82, 2.24) is 4.57 Å². The summed E-state index contributed by atoms with van der Waals surface area (Å²) in [6, 6.07) is 6.96. The van der Waals surface area contributed by atoms with E-state index in [0.717, 1.165) is 0 Å². The summed E-state index contributed by atoms with van der Waals surface area (Å²) in [6.45, 7) is 1.25. The molecule has 0 radical (unpaired) electrons. The van der Waals surface area contributed by atoms with Crippen molar-refractivity contribution in [2.45, 2.75) is 51.5 Å². The number of hydrogen-bond donors (Lipinski definition) is 0. The van der Waals surface area contributed by atoms with E-state index in [2.05, 4.69) is 22.8 Å². The van der Waals surface area contributed by atoms with Gasteiger partial charge in [0.1, 0.15) is 0 Å². The van der Waals surface area contributed by atoms with Crippen LogP contribution < -0.4 is 0 Å². The SMILES string of the molecule is c1cc2c3c(c1)c1c(n3CCCC2)CCCC1.